The van der Waals surface area contributed by atoms with Crippen LogP contribution in [0.3, 0.4) is 0 Å². The zero-order chi connectivity index (χ0) is 33.5. The molecule has 0 saturated carbocycles. The number of pyridine rings is 1. The molecule has 0 unspecified atom stereocenters. The predicted octanol–water partition coefficient (Wildman–Crippen LogP) is 5.63. The summed E-state index contributed by atoms with van der Waals surface area (Å²) in [5, 5.41) is 4.98. The lowest BCUT2D eigenvalue weighted by molar-refractivity contribution is 0.0158. The minimum absolute atomic E-state index is 0.00949. The second kappa shape index (κ2) is 13.2. The molecule has 0 bridgehead atoms. The maximum absolute atomic E-state index is 12.7. The van der Waals surface area contributed by atoms with Gasteiger partial charge in [0, 0.05) is 65.2 Å². The molecule has 2 aliphatic rings. The van der Waals surface area contributed by atoms with Crippen molar-refractivity contribution < 1.29 is 14.3 Å². The molecule has 4 aromatic rings. The first-order chi connectivity index (χ1) is 22.3. The van der Waals surface area contributed by atoms with Crippen molar-refractivity contribution in [3.8, 4) is 11.3 Å². The number of nitrogens with zero attached hydrogens (tertiary/aromatic N) is 10. The van der Waals surface area contributed by atoms with Crippen molar-refractivity contribution in [1.29, 1.82) is 0 Å². The first-order valence-electron chi connectivity index (χ1n) is 16.2. The minimum Gasteiger partial charge on any atom is -0.444 e. The molecule has 0 aromatic carbocycles. The van der Waals surface area contributed by atoms with Crippen LogP contribution in [0.2, 0.25) is 25.7 Å². The van der Waals surface area contributed by atoms with Crippen LogP contribution < -0.4 is 9.80 Å². The molecule has 4 aromatic heterocycles. The van der Waals surface area contributed by atoms with Gasteiger partial charge in [-0.05, 0) is 61.8 Å². The molecule has 0 radical (unpaired) electrons. The minimum atomic E-state index is -1.22. The van der Waals surface area contributed by atoms with E-state index in [9.17, 15) is 4.79 Å². The maximum Gasteiger partial charge on any atom is 0.410 e. The number of fused-ring (bicyclic) bond motifs is 2. The van der Waals surface area contributed by atoms with Crippen molar-refractivity contribution in [3.05, 3.63) is 41.2 Å². The van der Waals surface area contributed by atoms with Crippen LogP contribution >= 0.6 is 15.9 Å². The third kappa shape index (κ3) is 7.62. The van der Waals surface area contributed by atoms with Crippen LogP contribution in [0.25, 0.3) is 22.3 Å². The summed E-state index contributed by atoms with van der Waals surface area (Å²) in [6.07, 6.45) is 5.27. The Bertz CT molecular complexity index is 1730. The summed E-state index contributed by atoms with van der Waals surface area (Å²) < 4.78 is 16.7. The Morgan fingerprint density at radius 1 is 1.02 bits per heavy atom. The number of carbonyl (C=O) groups excluding carboxylic acids is 1. The summed E-state index contributed by atoms with van der Waals surface area (Å²) in [6, 6.07) is 5.13. The van der Waals surface area contributed by atoms with E-state index in [1.54, 1.807) is 4.90 Å². The number of hydrogen-bond donors (Lipinski definition) is 0. The number of ether oxygens (including phenoxy) is 2. The standard InChI is InChI=1S/C32H45BrN10O3Si/c1-22-19-39(10-12-41(22)31(44)46-32(2,3)4)26-9-8-23(16-34-26)28-29-24(43(38-28)21-45-14-15-47(5,6)7)17-36-30(37-29)40-11-13-42-25(33)18-35-27(42)20-40/h8-9,16-18,22H,10-15,19-21H2,1-7H3/t22-/m1/s1. The molecule has 1 atom stereocenters. The average molecular weight is 726 g/mol. The van der Waals surface area contributed by atoms with E-state index < -0.39 is 13.7 Å². The highest BCUT2D eigenvalue weighted by molar-refractivity contribution is 9.10. The van der Waals surface area contributed by atoms with Crippen LogP contribution in [0.15, 0.2) is 35.3 Å². The number of imidazole rings is 1. The number of rotatable bonds is 8. The first kappa shape index (κ1) is 33.3. The Hall–Kier alpha value is -3.56. The summed E-state index contributed by atoms with van der Waals surface area (Å²) in [4.78, 5) is 38.1. The molecule has 1 fully saturated rings. The molecule has 252 valence electrons. The van der Waals surface area contributed by atoms with Gasteiger partial charge in [0.15, 0.2) is 0 Å². The number of amides is 1. The van der Waals surface area contributed by atoms with Crippen LogP contribution in [0.4, 0.5) is 16.6 Å². The molecule has 0 aliphatic carbocycles. The number of piperazine rings is 1. The number of halogens is 1. The van der Waals surface area contributed by atoms with Crippen LogP contribution in [-0.4, -0.2) is 97.8 Å². The monoisotopic (exact) mass is 724 g/mol. The third-order valence-electron chi connectivity index (χ3n) is 8.39. The van der Waals surface area contributed by atoms with E-state index >= 15 is 0 Å². The van der Waals surface area contributed by atoms with Crippen molar-refractivity contribution in [1.82, 2.24) is 39.2 Å². The highest BCUT2D eigenvalue weighted by atomic mass is 79.9. The van der Waals surface area contributed by atoms with Crippen LogP contribution in [0.5, 0.6) is 0 Å². The van der Waals surface area contributed by atoms with Crippen LogP contribution in [0.1, 0.15) is 33.5 Å². The van der Waals surface area contributed by atoms with E-state index in [-0.39, 0.29) is 12.1 Å². The molecular formula is C32H45BrN10O3Si. The SMILES string of the molecule is C[C@@H]1CN(c2ccc(-c3nn(COCC[Si](C)(C)C)c4cnc(N5CCn6c(Br)cnc6C5)nc34)cn2)CCN1C(=O)OC(C)(C)C. The van der Waals surface area contributed by atoms with Crippen LogP contribution in [-0.2, 0) is 29.3 Å². The van der Waals surface area contributed by atoms with E-state index in [1.807, 2.05) is 63.1 Å². The van der Waals surface area contributed by atoms with E-state index in [0.29, 0.717) is 45.5 Å². The Morgan fingerprint density at radius 3 is 2.51 bits per heavy atom. The van der Waals surface area contributed by atoms with Gasteiger partial charge in [0.25, 0.3) is 0 Å². The normalized spacial score (nSPS) is 17.4. The highest BCUT2D eigenvalue weighted by Crippen LogP contribution is 2.30. The third-order valence-corrected chi connectivity index (χ3v) is 10.7. The van der Waals surface area contributed by atoms with Gasteiger partial charge in [-0.1, -0.05) is 19.6 Å². The number of aromatic nitrogens is 7. The lowest BCUT2D eigenvalue weighted by Crippen LogP contribution is -2.55. The van der Waals surface area contributed by atoms with E-state index in [0.717, 1.165) is 57.7 Å². The molecule has 15 heteroatoms. The van der Waals surface area contributed by atoms with Gasteiger partial charge in [-0.2, -0.15) is 5.10 Å². The number of hydrogen-bond acceptors (Lipinski definition) is 10. The van der Waals surface area contributed by atoms with Crippen molar-refractivity contribution in [3.63, 3.8) is 0 Å². The van der Waals surface area contributed by atoms with Gasteiger partial charge in [0.2, 0.25) is 5.95 Å². The van der Waals surface area contributed by atoms with Gasteiger partial charge < -0.3 is 28.7 Å². The quantitative estimate of drug-likeness (QED) is 0.167. The Labute approximate surface area is 285 Å². The van der Waals surface area contributed by atoms with Gasteiger partial charge in [0.1, 0.15) is 45.3 Å². The topological polar surface area (TPSA) is 120 Å². The van der Waals surface area contributed by atoms with Gasteiger partial charge >= 0.3 is 6.09 Å². The maximum atomic E-state index is 12.7. The fourth-order valence-corrected chi connectivity index (χ4v) is 7.03. The van der Waals surface area contributed by atoms with Gasteiger partial charge in [-0.25, -0.2) is 29.4 Å². The molecule has 1 amide bonds. The van der Waals surface area contributed by atoms with Crippen molar-refractivity contribution in [2.45, 2.75) is 84.8 Å². The Morgan fingerprint density at radius 2 is 1.81 bits per heavy atom. The zero-order valence-electron chi connectivity index (χ0n) is 28.4. The highest BCUT2D eigenvalue weighted by Gasteiger charge is 2.31. The molecule has 6 rings (SSSR count). The summed E-state index contributed by atoms with van der Waals surface area (Å²) >= 11 is 3.59. The average Bonchev–Trinajstić information content (AvgIpc) is 3.57. The molecule has 2 aliphatic heterocycles. The fourth-order valence-electron chi connectivity index (χ4n) is 5.79. The van der Waals surface area contributed by atoms with E-state index in [1.165, 1.54) is 0 Å². The smallest absolute Gasteiger partial charge is 0.410 e. The Balaban J connectivity index is 1.24. The second-order valence-corrected chi connectivity index (χ2v) is 21.0. The fraction of sp³-hybridized carbons (Fsp3) is 0.562. The molecule has 47 heavy (non-hydrogen) atoms. The van der Waals surface area contributed by atoms with Gasteiger partial charge in [-0.3, -0.25) is 0 Å². The van der Waals surface area contributed by atoms with Gasteiger partial charge in [-0.15, -0.1) is 0 Å². The molecule has 13 nitrogen and oxygen atoms in total. The summed E-state index contributed by atoms with van der Waals surface area (Å²) in [5.74, 6) is 2.47. The molecule has 6 heterocycles. The predicted molar refractivity (Wildman–Crippen MR) is 188 cm³/mol. The summed E-state index contributed by atoms with van der Waals surface area (Å²) in [5.41, 5.74) is 2.65. The van der Waals surface area contributed by atoms with Crippen molar-refractivity contribution in [2.75, 3.05) is 42.6 Å². The first-order valence-corrected chi connectivity index (χ1v) is 20.7. The summed E-state index contributed by atoms with van der Waals surface area (Å²) in [7, 11) is -1.22. The molecule has 0 spiro atoms. The number of anilines is 2. The molecular weight excluding hydrogens is 680 g/mol. The lowest BCUT2D eigenvalue weighted by Gasteiger charge is -2.40. The largest absolute Gasteiger partial charge is 0.444 e. The van der Waals surface area contributed by atoms with Gasteiger partial charge in [0.05, 0.1) is 18.9 Å². The summed E-state index contributed by atoms with van der Waals surface area (Å²) in [6.45, 7) is 19.9. The van der Waals surface area contributed by atoms with E-state index in [2.05, 4.69) is 54.9 Å². The Kier molecular flexibility index (Phi) is 9.33. The zero-order valence-corrected chi connectivity index (χ0v) is 31.0. The van der Waals surface area contributed by atoms with Crippen molar-refractivity contribution in [2.24, 2.45) is 0 Å². The van der Waals surface area contributed by atoms with E-state index in [4.69, 9.17) is 29.5 Å². The molecule has 0 N–H and O–H groups in total. The lowest BCUT2D eigenvalue weighted by atomic mass is 10.1. The second-order valence-electron chi connectivity index (χ2n) is 14.5. The number of carbonyl (C=O) groups is 1. The molecule has 1 saturated heterocycles. The van der Waals surface area contributed by atoms with Crippen molar-refractivity contribution >= 4 is 52.9 Å². The van der Waals surface area contributed by atoms with Crippen LogP contribution in [0, 0.1) is 0 Å².